The third-order valence-electron chi connectivity index (χ3n) is 2.38. The molecule has 3 nitrogen and oxygen atoms in total. The lowest BCUT2D eigenvalue weighted by molar-refractivity contribution is 0.767. The second kappa shape index (κ2) is 7.77. The van der Waals surface area contributed by atoms with Crippen molar-refractivity contribution >= 4 is 17.6 Å². The van der Waals surface area contributed by atoms with Gasteiger partial charge in [-0.25, -0.2) is 4.99 Å². The minimum Gasteiger partial charge on any atom is -0.370 e. The van der Waals surface area contributed by atoms with E-state index >= 15 is 0 Å². The van der Waals surface area contributed by atoms with Crippen LogP contribution in [0.15, 0.2) is 41.4 Å². The monoisotopic (exact) mass is 265 g/mol. The van der Waals surface area contributed by atoms with E-state index in [4.69, 9.17) is 17.3 Å². The van der Waals surface area contributed by atoms with Crippen LogP contribution in [-0.2, 0) is 6.42 Å². The van der Waals surface area contributed by atoms with Crippen molar-refractivity contribution in [2.75, 3.05) is 13.1 Å². The lowest BCUT2D eigenvalue weighted by atomic mass is 10.1. The average Bonchev–Trinajstić information content (AvgIpc) is 2.34. The van der Waals surface area contributed by atoms with Crippen LogP contribution in [0, 0.1) is 0 Å². The van der Waals surface area contributed by atoms with Crippen molar-refractivity contribution in [3.63, 3.8) is 0 Å². The lowest BCUT2D eigenvalue weighted by Crippen LogP contribution is -2.32. The Morgan fingerprint density at radius 2 is 2.06 bits per heavy atom. The molecular formula is C14H20ClN3. The second-order valence-electron chi connectivity index (χ2n) is 4.32. The maximum absolute atomic E-state index is 5.82. The number of nitrogens with zero attached hydrogens (tertiary/aromatic N) is 1. The molecule has 98 valence electrons. The Balaban J connectivity index is 2.20. The summed E-state index contributed by atoms with van der Waals surface area (Å²) in [6, 6.07) is 7.90. The van der Waals surface area contributed by atoms with Gasteiger partial charge in [-0.05, 0) is 37.5 Å². The molecule has 0 bridgehead atoms. The van der Waals surface area contributed by atoms with Crippen LogP contribution in [0.4, 0.5) is 0 Å². The number of aryl methyl sites for hydroxylation is 1. The van der Waals surface area contributed by atoms with Crippen molar-refractivity contribution in [1.82, 2.24) is 5.32 Å². The van der Waals surface area contributed by atoms with E-state index in [-0.39, 0.29) is 0 Å². The highest BCUT2D eigenvalue weighted by Gasteiger charge is 1.95. The van der Waals surface area contributed by atoms with Crippen molar-refractivity contribution in [2.24, 2.45) is 10.7 Å². The van der Waals surface area contributed by atoms with Gasteiger partial charge in [0.25, 0.3) is 0 Å². The first-order valence-electron chi connectivity index (χ1n) is 6.00. The van der Waals surface area contributed by atoms with Gasteiger partial charge >= 0.3 is 0 Å². The summed E-state index contributed by atoms with van der Waals surface area (Å²) in [5, 5.41) is 3.85. The molecule has 18 heavy (non-hydrogen) atoms. The molecule has 0 fully saturated rings. The molecule has 0 aliphatic heterocycles. The molecule has 0 unspecified atom stereocenters. The van der Waals surface area contributed by atoms with E-state index in [1.54, 1.807) is 0 Å². The molecule has 0 atom stereocenters. The molecule has 0 aliphatic carbocycles. The number of hydrogen-bond donors (Lipinski definition) is 2. The molecular weight excluding hydrogens is 246 g/mol. The Morgan fingerprint density at radius 1 is 1.39 bits per heavy atom. The van der Waals surface area contributed by atoms with E-state index in [0.29, 0.717) is 12.5 Å². The summed E-state index contributed by atoms with van der Waals surface area (Å²) < 4.78 is 0. The topological polar surface area (TPSA) is 50.4 Å². The van der Waals surface area contributed by atoms with E-state index in [2.05, 4.69) is 16.9 Å². The van der Waals surface area contributed by atoms with Gasteiger partial charge in [-0.2, -0.15) is 0 Å². The maximum Gasteiger partial charge on any atom is 0.188 e. The predicted octanol–water partition coefficient (Wildman–Crippen LogP) is 2.75. The van der Waals surface area contributed by atoms with E-state index in [1.165, 1.54) is 5.56 Å². The first-order valence-corrected chi connectivity index (χ1v) is 6.38. The van der Waals surface area contributed by atoms with Crippen molar-refractivity contribution < 1.29 is 0 Å². The third-order valence-corrected chi connectivity index (χ3v) is 2.63. The van der Waals surface area contributed by atoms with Crippen LogP contribution in [0.25, 0.3) is 0 Å². The Labute approximate surface area is 114 Å². The van der Waals surface area contributed by atoms with Crippen molar-refractivity contribution in [1.29, 1.82) is 0 Å². The summed E-state index contributed by atoms with van der Waals surface area (Å²) in [4.78, 5) is 4.15. The SMILES string of the molecule is C=C(C)CN=C(N)NCCCc1ccc(Cl)cc1. The molecule has 0 aromatic heterocycles. The van der Waals surface area contributed by atoms with Crippen molar-refractivity contribution in [3.8, 4) is 0 Å². The molecule has 0 saturated heterocycles. The average molecular weight is 266 g/mol. The molecule has 4 heteroatoms. The molecule has 0 heterocycles. The fourth-order valence-electron chi connectivity index (χ4n) is 1.44. The summed E-state index contributed by atoms with van der Waals surface area (Å²) in [6.07, 6.45) is 2.00. The number of rotatable bonds is 6. The smallest absolute Gasteiger partial charge is 0.188 e. The predicted molar refractivity (Wildman–Crippen MR) is 79.1 cm³/mol. The van der Waals surface area contributed by atoms with Crippen molar-refractivity contribution in [2.45, 2.75) is 19.8 Å². The quantitative estimate of drug-likeness (QED) is 0.360. The Hall–Kier alpha value is -1.48. The van der Waals surface area contributed by atoms with Crippen LogP contribution < -0.4 is 11.1 Å². The van der Waals surface area contributed by atoms with Gasteiger partial charge in [-0.15, -0.1) is 0 Å². The molecule has 1 aromatic carbocycles. The molecule has 0 spiro atoms. The number of benzene rings is 1. The first-order chi connectivity index (χ1) is 8.58. The summed E-state index contributed by atoms with van der Waals surface area (Å²) in [7, 11) is 0. The number of halogens is 1. The zero-order valence-corrected chi connectivity index (χ0v) is 11.5. The first kappa shape index (κ1) is 14.6. The summed E-state index contributed by atoms with van der Waals surface area (Å²) in [5.41, 5.74) is 7.98. The largest absolute Gasteiger partial charge is 0.370 e. The Morgan fingerprint density at radius 3 is 2.67 bits per heavy atom. The highest BCUT2D eigenvalue weighted by atomic mass is 35.5. The highest BCUT2D eigenvalue weighted by molar-refractivity contribution is 6.30. The maximum atomic E-state index is 5.82. The zero-order valence-electron chi connectivity index (χ0n) is 10.7. The number of guanidine groups is 1. The van der Waals surface area contributed by atoms with Gasteiger partial charge < -0.3 is 11.1 Å². The normalized spacial score (nSPS) is 11.3. The van der Waals surface area contributed by atoms with Crippen LogP contribution in [0.2, 0.25) is 5.02 Å². The van der Waals surface area contributed by atoms with E-state index in [0.717, 1.165) is 30.0 Å². The van der Waals surface area contributed by atoms with Crippen LogP contribution in [-0.4, -0.2) is 19.0 Å². The number of nitrogens with one attached hydrogen (secondary N) is 1. The molecule has 0 amide bonds. The molecule has 1 aromatic rings. The molecule has 0 saturated carbocycles. The second-order valence-corrected chi connectivity index (χ2v) is 4.75. The van der Waals surface area contributed by atoms with Crippen LogP contribution in [0.1, 0.15) is 18.9 Å². The minimum atomic E-state index is 0.481. The summed E-state index contributed by atoms with van der Waals surface area (Å²) >= 11 is 5.82. The van der Waals surface area contributed by atoms with E-state index < -0.39 is 0 Å². The van der Waals surface area contributed by atoms with Gasteiger partial charge in [0.1, 0.15) is 0 Å². The Bertz CT molecular complexity index is 410. The molecule has 3 N–H and O–H groups in total. The van der Waals surface area contributed by atoms with Crippen molar-refractivity contribution in [3.05, 3.63) is 47.0 Å². The Kier molecular flexibility index (Phi) is 6.29. The zero-order chi connectivity index (χ0) is 13.4. The van der Waals surface area contributed by atoms with Gasteiger partial charge in [0.05, 0.1) is 6.54 Å². The van der Waals surface area contributed by atoms with Gasteiger partial charge in [-0.3, -0.25) is 0 Å². The minimum absolute atomic E-state index is 0.481. The fraction of sp³-hybridized carbons (Fsp3) is 0.357. The van der Waals surface area contributed by atoms with Crippen LogP contribution in [0.5, 0.6) is 0 Å². The molecule has 0 radical (unpaired) electrons. The van der Waals surface area contributed by atoms with Gasteiger partial charge in [0, 0.05) is 11.6 Å². The fourth-order valence-corrected chi connectivity index (χ4v) is 1.56. The summed E-state index contributed by atoms with van der Waals surface area (Å²) in [5.74, 6) is 0.481. The summed E-state index contributed by atoms with van der Waals surface area (Å²) in [6.45, 7) is 7.09. The number of nitrogens with two attached hydrogens (primary N) is 1. The third kappa shape index (κ3) is 6.30. The van der Waals surface area contributed by atoms with E-state index in [1.807, 2.05) is 31.2 Å². The van der Waals surface area contributed by atoms with Gasteiger partial charge in [0.15, 0.2) is 5.96 Å². The standard InChI is InChI=1S/C14H20ClN3/c1-11(2)10-18-14(16)17-9-3-4-12-5-7-13(15)8-6-12/h5-8H,1,3-4,9-10H2,2H3,(H3,16,17,18). The molecule has 1 rings (SSSR count). The highest BCUT2D eigenvalue weighted by Crippen LogP contribution is 2.10. The van der Waals surface area contributed by atoms with Gasteiger partial charge in [-0.1, -0.05) is 35.9 Å². The number of hydrogen-bond acceptors (Lipinski definition) is 1. The lowest BCUT2D eigenvalue weighted by Gasteiger charge is -2.06. The van der Waals surface area contributed by atoms with Crippen LogP contribution >= 0.6 is 11.6 Å². The van der Waals surface area contributed by atoms with E-state index in [9.17, 15) is 0 Å². The van der Waals surface area contributed by atoms with Crippen LogP contribution in [0.3, 0.4) is 0 Å². The number of aliphatic imine (C=N–C) groups is 1. The molecule has 0 aliphatic rings. The van der Waals surface area contributed by atoms with Gasteiger partial charge in [0.2, 0.25) is 0 Å².